The summed E-state index contributed by atoms with van der Waals surface area (Å²) in [5.41, 5.74) is 5.81. The molecule has 1 rings (SSSR count). The summed E-state index contributed by atoms with van der Waals surface area (Å²) in [7, 11) is 0. The third-order valence-electron chi connectivity index (χ3n) is 2.03. The predicted octanol–water partition coefficient (Wildman–Crippen LogP) is 0.520. The van der Waals surface area contributed by atoms with Crippen LogP contribution in [0.3, 0.4) is 0 Å². The van der Waals surface area contributed by atoms with Crippen LogP contribution in [0.5, 0.6) is 5.75 Å². The highest BCUT2D eigenvalue weighted by molar-refractivity contribution is 5.88. The number of carbonyl (C=O) groups excluding carboxylic acids is 2. The Morgan fingerprint density at radius 3 is 2.74 bits per heavy atom. The van der Waals surface area contributed by atoms with Crippen LogP contribution in [-0.2, 0) is 9.59 Å². The lowest BCUT2D eigenvalue weighted by atomic mass is 10.3. The summed E-state index contributed by atoms with van der Waals surface area (Å²) in [5.74, 6) is 0.274. The summed E-state index contributed by atoms with van der Waals surface area (Å²) >= 11 is 0. The topological polar surface area (TPSA) is 93.5 Å². The van der Waals surface area contributed by atoms with Gasteiger partial charge in [-0.1, -0.05) is 6.07 Å². The van der Waals surface area contributed by atoms with Crippen LogP contribution in [0, 0.1) is 0 Å². The third kappa shape index (κ3) is 7.28. The zero-order valence-electron chi connectivity index (χ0n) is 10.6. The highest BCUT2D eigenvalue weighted by atomic mass is 35.5. The first-order valence-corrected chi connectivity index (χ1v) is 5.59. The lowest BCUT2D eigenvalue weighted by Crippen LogP contribution is -2.33. The van der Waals surface area contributed by atoms with E-state index in [1.807, 2.05) is 0 Å². The van der Waals surface area contributed by atoms with Crippen LogP contribution in [0.25, 0.3) is 0 Å². The number of rotatable bonds is 6. The molecule has 4 N–H and O–H groups in total. The van der Waals surface area contributed by atoms with Crippen LogP contribution in [0.4, 0.5) is 5.69 Å². The van der Waals surface area contributed by atoms with Crippen molar-refractivity contribution in [1.82, 2.24) is 5.32 Å². The first-order chi connectivity index (χ1) is 8.61. The summed E-state index contributed by atoms with van der Waals surface area (Å²) < 4.78 is 5.42. The second kappa shape index (κ2) is 9.18. The fourth-order valence-corrected chi connectivity index (χ4v) is 1.30. The van der Waals surface area contributed by atoms with E-state index in [-0.39, 0.29) is 30.8 Å². The number of hydrogen-bond acceptors (Lipinski definition) is 4. The van der Waals surface area contributed by atoms with Gasteiger partial charge in [0, 0.05) is 18.7 Å². The largest absolute Gasteiger partial charge is 0.492 e. The third-order valence-corrected chi connectivity index (χ3v) is 2.03. The summed E-state index contributed by atoms with van der Waals surface area (Å²) in [6, 6.07) is 7.03. The number of halogens is 1. The van der Waals surface area contributed by atoms with Crippen molar-refractivity contribution in [2.24, 2.45) is 5.73 Å². The summed E-state index contributed by atoms with van der Waals surface area (Å²) in [5, 5.41) is 5.25. The van der Waals surface area contributed by atoms with Gasteiger partial charge in [-0.2, -0.15) is 0 Å². The standard InChI is InChI=1S/C12H17N3O3.ClH/c1-9(16)15-10-3-2-4-11(7-10)18-6-5-14-12(17)8-13;/h2-4,7H,5-6,8,13H2,1H3,(H,14,17)(H,15,16);1H. The summed E-state index contributed by atoms with van der Waals surface area (Å²) in [6.45, 7) is 2.14. The van der Waals surface area contributed by atoms with Crippen molar-refractivity contribution < 1.29 is 14.3 Å². The van der Waals surface area contributed by atoms with E-state index >= 15 is 0 Å². The Morgan fingerprint density at radius 1 is 1.37 bits per heavy atom. The molecule has 6 nitrogen and oxygen atoms in total. The molecule has 106 valence electrons. The monoisotopic (exact) mass is 287 g/mol. The molecule has 0 aliphatic carbocycles. The summed E-state index contributed by atoms with van der Waals surface area (Å²) in [6.07, 6.45) is 0. The van der Waals surface area contributed by atoms with Crippen LogP contribution in [0.2, 0.25) is 0 Å². The van der Waals surface area contributed by atoms with E-state index < -0.39 is 0 Å². The number of amides is 2. The molecule has 0 aliphatic heterocycles. The van der Waals surface area contributed by atoms with Gasteiger partial charge in [-0.3, -0.25) is 9.59 Å². The van der Waals surface area contributed by atoms with Gasteiger partial charge in [0.15, 0.2) is 0 Å². The number of hydrogen-bond donors (Lipinski definition) is 3. The molecule has 0 atom stereocenters. The average Bonchev–Trinajstić information content (AvgIpc) is 2.34. The number of benzene rings is 1. The summed E-state index contributed by atoms with van der Waals surface area (Å²) in [4.78, 5) is 21.7. The second-order valence-electron chi connectivity index (χ2n) is 3.61. The highest BCUT2D eigenvalue weighted by Crippen LogP contribution is 2.16. The zero-order chi connectivity index (χ0) is 13.4. The first kappa shape index (κ1) is 17.2. The normalized spacial score (nSPS) is 9.16. The SMILES string of the molecule is CC(=O)Nc1cccc(OCCNC(=O)CN)c1.Cl. The van der Waals surface area contributed by atoms with Crippen LogP contribution < -0.4 is 21.1 Å². The fourth-order valence-electron chi connectivity index (χ4n) is 1.30. The molecule has 0 saturated heterocycles. The van der Waals surface area contributed by atoms with Crippen LogP contribution in [-0.4, -0.2) is 31.5 Å². The molecule has 0 radical (unpaired) electrons. The molecule has 2 amide bonds. The van der Waals surface area contributed by atoms with Crippen molar-refractivity contribution in [1.29, 1.82) is 0 Å². The van der Waals surface area contributed by atoms with E-state index in [1.54, 1.807) is 24.3 Å². The molecule has 7 heteroatoms. The van der Waals surface area contributed by atoms with Crippen LogP contribution in [0.1, 0.15) is 6.92 Å². The molecule has 1 aromatic carbocycles. The minimum Gasteiger partial charge on any atom is -0.492 e. The smallest absolute Gasteiger partial charge is 0.233 e. The van der Waals surface area contributed by atoms with Gasteiger partial charge in [-0.05, 0) is 12.1 Å². The fraction of sp³-hybridized carbons (Fsp3) is 0.333. The molecular weight excluding hydrogens is 270 g/mol. The van der Waals surface area contributed by atoms with Crippen molar-refractivity contribution in [3.8, 4) is 5.75 Å². The van der Waals surface area contributed by atoms with Crippen LogP contribution >= 0.6 is 12.4 Å². The Balaban J connectivity index is 0.00000324. The molecule has 0 heterocycles. The molecule has 0 aromatic heterocycles. The Hall–Kier alpha value is -1.79. The van der Waals surface area contributed by atoms with E-state index in [4.69, 9.17) is 10.5 Å². The average molecular weight is 288 g/mol. The van der Waals surface area contributed by atoms with Crippen molar-refractivity contribution in [3.05, 3.63) is 24.3 Å². The lowest BCUT2D eigenvalue weighted by molar-refractivity contribution is -0.119. The van der Waals surface area contributed by atoms with Crippen molar-refractivity contribution in [3.63, 3.8) is 0 Å². The first-order valence-electron chi connectivity index (χ1n) is 5.59. The van der Waals surface area contributed by atoms with Gasteiger partial charge in [0.25, 0.3) is 0 Å². The maximum atomic E-state index is 10.9. The van der Waals surface area contributed by atoms with E-state index in [0.717, 1.165) is 0 Å². The van der Waals surface area contributed by atoms with Gasteiger partial charge < -0.3 is 21.1 Å². The van der Waals surface area contributed by atoms with Gasteiger partial charge >= 0.3 is 0 Å². The molecule has 0 unspecified atom stereocenters. The highest BCUT2D eigenvalue weighted by Gasteiger charge is 1.99. The minimum absolute atomic E-state index is 0. The molecule has 0 fully saturated rings. The van der Waals surface area contributed by atoms with E-state index in [1.165, 1.54) is 6.92 Å². The van der Waals surface area contributed by atoms with E-state index in [2.05, 4.69) is 10.6 Å². The Morgan fingerprint density at radius 2 is 2.11 bits per heavy atom. The maximum absolute atomic E-state index is 10.9. The van der Waals surface area contributed by atoms with Gasteiger partial charge in [0.2, 0.25) is 11.8 Å². The quantitative estimate of drug-likeness (QED) is 0.665. The molecular formula is C12H18ClN3O3. The van der Waals surface area contributed by atoms with Crippen LogP contribution in [0.15, 0.2) is 24.3 Å². The molecule has 0 aliphatic rings. The number of anilines is 1. The number of carbonyl (C=O) groups is 2. The molecule has 19 heavy (non-hydrogen) atoms. The molecule has 0 bridgehead atoms. The molecule has 0 spiro atoms. The van der Waals surface area contributed by atoms with Gasteiger partial charge in [-0.25, -0.2) is 0 Å². The Kier molecular flexibility index (Phi) is 8.32. The maximum Gasteiger partial charge on any atom is 0.233 e. The lowest BCUT2D eigenvalue weighted by Gasteiger charge is -2.08. The molecule has 1 aromatic rings. The van der Waals surface area contributed by atoms with Gasteiger partial charge in [-0.15, -0.1) is 12.4 Å². The number of nitrogens with one attached hydrogen (secondary N) is 2. The van der Waals surface area contributed by atoms with Gasteiger partial charge in [0.05, 0.1) is 13.1 Å². The van der Waals surface area contributed by atoms with E-state index in [0.29, 0.717) is 24.6 Å². The Labute approximate surface area is 118 Å². The minimum atomic E-state index is -0.217. The number of nitrogens with two attached hydrogens (primary N) is 1. The van der Waals surface area contributed by atoms with Crippen molar-refractivity contribution in [2.75, 3.05) is 25.0 Å². The molecule has 0 saturated carbocycles. The second-order valence-corrected chi connectivity index (χ2v) is 3.61. The zero-order valence-corrected chi connectivity index (χ0v) is 11.5. The number of ether oxygens (including phenoxy) is 1. The predicted molar refractivity (Wildman–Crippen MR) is 75.6 cm³/mol. The van der Waals surface area contributed by atoms with Crippen molar-refractivity contribution >= 4 is 29.9 Å². The van der Waals surface area contributed by atoms with Crippen molar-refractivity contribution in [2.45, 2.75) is 6.92 Å². The Bertz CT molecular complexity index is 426. The van der Waals surface area contributed by atoms with Gasteiger partial charge in [0.1, 0.15) is 12.4 Å². The van der Waals surface area contributed by atoms with E-state index in [9.17, 15) is 9.59 Å².